The van der Waals surface area contributed by atoms with Gasteiger partial charge in [0.25, 0.3) is 0 Å². The summed E-state index contributed by atoms with van der Waals surface area (Å²) in [7, 11) is -4.57. The van der Waals surface area contributed by atoms with Crippen LogP contribution >= 0.6 is 8.17 Å². The highest BCUT2D eigenvalue weighted by Crippen LogP contribution is 2.45. The van der Waals surface area contributed by atoms with Gasteiger partial charge < -0.3 is 15.5 Å². The van der Waals surface area contributed by atoms with Gasteiger partial charge in [0, 0.05) is 6.92 Å². The minimum absolute atomic E-state index is 0.568. The fraction of sp³-hybridized carbons (Fsp3) is 0.750. The van der Waals surface area contributed by atoms with Gasteiger partial charge >= 0.3 is 8.17 Å². The number of aliphatic hydroxyl groups excluding tert-OH is 2. The number of rotatable bonds is 7. The van der Waals surface area contributed by atoms with E-state index in [4.69, 9.17) is 14.7 Å². The largest absolute Gasteiger partial charge is 0.567 e. The molecule has 0 saturated carbocycles. The smallest absolute Gasteiger partial charge is 0.391 e. The Hall–Kier alpha value is -0.670. The number of nitrogens with one attached hydrogen (secondary N) is 1. The predicted molar refractivity (Wildman–Crippen MR) is 59.8 cm³/mol. The van der Waals surface area contributed by atoms with Gasteiger partial charge in [-0.25, -0.2) is 0 Å². The molecule has 10 heteroatoms. The zero-order valence-electron chi connectivity index (χ0n) is 9.85. The lowest BCUT2D eigenvalue weighted by molar-refractivity contribution is -0.134. The van der Waals surface area contributed by atoms with E-state index in [1.165, 1.54) is 6.92 Å². The third-order valence-corrected chi connectivity index (χ3v) is 2.42. The van der Waals surface area contributed by atoms with E-state index >= 15 is 0 Å². The van der Waals surface area contributed by atoms with Crippen molar-refractivity contribution < 1.29 is 39.0 Å². The van der Waals surface area contributed by atoms with E-state index in [2.05, 4.69) is 9.84 Å². The van der Waals surface area contributed by atoms with E-state index in [1.54, 1.807) is 0 Å². The van der Waals surface area contributed by atoms with Gasteiger partial charge in [-0.1, -0.05) is 0 Å². The summed E-state index contributed by atoms with van der Waals surface area (Å²) in [5.74, 6) is -1.60. The quantitative estimate of drug-likeness (QED) is 0.280. The molecule has 1 amide bonds. The van der Waals surface area contributed by atoms with Crippen LogP contribution in [0.5, 0.6) is 0 Å². The lowest BCUT2D eigenvalue weighted by atomic mass is 10.0. The molecule has 0 aliphatic rings. The average molecular weight is 286 g/mol. The van der Waals surface area contributed by atoms with Gasteiger partial charge in [0.1, 0.15) is 6.10 Å². The summed E-state index contributed by atoms with van der Waals surface area (Å²) in [4.78, 5) is 47.6. The van der Waals surface area contributed by atoms with Gasteiger partial charge in [-0.15, -0.1) is 4.52 Å². The van der Waals surface area contributed by atoms with Crippen molar-refractivity contribution in [3.8, 4) is 0 Å². The molecule has 18 heavy (non-hydrogen) atoms. The summed E-state index contributed by atoms with van der Waals surface area (Å²) in [6.45, 7) is 1.41. The fourth-order valence-corrected chi connectivity index (χ4v) is 1.43. The molecule has 0 rings (SSSR count). The molecule has 0 unspecified atom stereocenters. The molecule has 3 atom stereocenters. The first-order valence-electron chi connectivity index (χ1n) is 4.92. The maximum absolute atomic E-state index is 11.4. The van der Waals surface area contributed by atoms with Crippen LogP contribution in [0.4, 0.5) is 0 Å². The lowest BCUT2D eigenvalue weighted by Crippen LogP contribution is -2.53. The predicted octanol–water partition coefficient (Wildman–Crippen LogP) is -2.53. The molecule has 0 bridgehead atoms. The second kappa shape index (κ2) is 7.05. The molecule has 0 aromatic rings. The highest BCUT2D eigenvalue weighted by Gasteiger charge is 2.37. The molecule has 9 nitrogen and oxygen atoms in total. The number of aliphatic hydroxyl groups is 2. The van der Waals surface area contributed by atoms with E-state index < -0.39 is 44.7 Å². The lowest BCUT2D eigenvalue weighted by Gasteiger charge is -2.24. The van der Waals surface area contributed by atoms with Crippen molar-refractivity contribution in [1.29, 1.82) is 0 Å². The van der Waals surface area contributed by atoms with Crippen molar-refractivity contribution in [2.75, 3.05) is 6.61 Å². The Balaban J connectivity index is 4.52. The van der Waals surface area contributed by atoms with E-state index in [-0.39, 0.29) is 0 Å². The molecule has 0 aliphatic carbocycles. The average Bonchev–Trinajstić information content (AvgIpc) is 2.19. The monoisotopic (exact) mass is 286 g/mol. The molecule has 0 fully saturated rings. The third-order valence-electron chi connectivity index (χ3n) is 1.94. The second-order valence-electron chi connectivity index (χ2n) is 3.66. The third kappa shape index (κ3) is 6.92. The number of hydrogen-bond acceptors (Lipinski definition) is 8. The van der Waals surface area contributed by atoms with Gasteiger partial charge in [-0.05, 0) is 6.92 Å². The van der Waals surface area contributed by atoms with Gasteiger partial charge in [-0.3, -0.25) is 9.59 Å². The Labute approximate surface area is 104 Å². The maximum Gasteiger partial charge on any atom is 0.567 e. The van der Waals surface area contributed by atoms with E-state index in [1.807, 2.05) is 0 Å². The molecule has 6 N–H and O–H groups in total. The molecule has 0 aliphatic heterocycles. The molecule has 0 spiro atoms. The molecule has 0 saturated heterocycles. The number of Topliss-reactive ketones (excluding diaryl/α,β-unsaturated/α-hetero) is 1. The molecule has 0 radical (unpaired) electrons. The normalized spacial score (nSPS) is 16.8. The Kier molecular flexibility index (Phi) is 6.79. The zero-order chi connectivity index (χ0) is 14.5. The van der Waals surface area contributed by atoms with Crippen molar-refractivity contribution in [3.05, 3.63) is 0 Å². The van der Waals surface area contributed by atoms with Crippen LogP contribution in [0.3, 0.4) is 0 Å². The number of hydrogen-bond donors (Lipinski definition) is 6. The zero-order valence-corrected chi connectivity index (χ0v) is 10.7. The topological polar surface area (TPSA) is 157 Å². The summed E-state index contributed by atoms with van der Waals surface area (Å²) in [5.41, 5.74) is 0. The van der Waals surface area contributed by atoms with E-state index in [9.17, 15) is 19.8 Å². The van der Waals surface area contributed by atoms with Crippen LogP contribution in [-0.2, 0) is 14.1 Å². The second-order valence-corrected chi connectivity index (χ2v) is 4.95. The van der Waals surface area contributed by atoms with Gasteiger partial charge in [0.2, 0.25) is 5.91 Å². The van der Waals surface area contributed by atoms with Crippen molar-refractivity contribution in [3.63, 3.8) is 0 Å². The standard InChI is InChI=1S/C8H16NO8P/c1-4(10)7(9-5(2)11)8(13)6(12)3-17-18(14,15)16/h4,7-8,10,13-16H,3H2,1-2H3/p+1/t4-,7-,8+/m0/s1. The number of amides is 1. The number of ketones is 1. The van der Waals surface area contributed by atoms with E-state index in [0.717, 1.165) is 6.92 Å². The molecular formula is C8H17NO8P+. The maximum atomic E-state index is 11.4. The van der Waals surface area contributed by atoms with Crippen molar-refractivity contribution in [2.45, 2.75) is 32.1 Å². The summed E-state index contributed by atoms with van der Waals surface area (Å²) in [5, 5.41) is 21.0. The van der Waals surface area contributed by atoms with Crippen LogP contribution in [0.2, 0.25) is 0 Å². The highest BCUT2D eigenvalue weighted by molar-refractivity contribution is 7.53. The minimum Gasteiger partial charge on any atom is -0.391 e. The first kappa shape index (κ1) is 17.3. The van der Waals surface area contributed by atoms with Crippen LogP contribution in [0, 0.1) is 0 Å². The Morgan fingerprint density at radius 2 is 1.78 bits per heavy atom. The summed E-state index contributed by atoms with van der Waals surface area (Å²) >= 11 is 0. The molecule has 0 heterocycles. The SMILES string of the molecule is CC(=O)N[C@@H]([C@H](C)O)[C@H](O)C(=O)CO[P+](O)(O)O. The Bertz CT molecular complexity index is 302. The van der Waals surface area contributed by atoms with Gasteiger partial charge in [0.15, 0.2) is 12.4 Å². The molecular weight excluding hydrogens is 269 g/mol. The summed E-state index contributed by atoms with van der Waals surface area (Å²) < 4.78 is 4.02. The number of carbonyl (C=O) groups is 2. The van der Waals surface area contributed by atoms with Crippen molar-refractivity contribution >= 4 is 19.9 Å². The Morgan fingerprint density at radius 1 is 1.28 bits per heavy atom. The van der Waals surface area contributed by atoms with Crippen LogP contribution in [0.25, 0.3) is 0 Å². The molecule has 106 valence electrons. The van der Waals surface area contributed by atoms with Crippen molar-refractivity contribution in [1.82, 2.24) is 5.32 Å². The van der Waals surface area contributed by atoms with Gasteiger partial charge in [0.05, 0.1) is 12.1 Å². The van der Waals surface area contributed by atoms with Crippen LogP contribution in [0.1, 0.15) is 13.8 Å². The minimum atomic E-state index is -4.57. The fourth-order valence-electron chi connectivity index (χ4n) is 1.13. The summed E-state index contributed by atoms with van der Waals surface area (Å²) in [6, 6.07) is -1.26. The van der Waals surface area contributed by atoms with Crippen molar-refractivity contribution in [2.24, 2.45) is 0 Å². The molecule has 0 aromatic carbocycles. The first-order valence-corrected chi connectivity index (χ1v) is 6.49. The first-order chi connectivity index (χ1) is 8.04. The van der Waals surface area contributed by atoms with Crippen LogP contribution in [-0.4, -0.2) is 61.4 Å². The van der Waals surface area contributed by atoms with E-state index in [0.29, 0.717) is 0 Å². The molecule has 0 aromatic heterocycles. The number of carbonyl (C=O) groups excluding carboxylic acids is 2. The highest BCUT2D eigenvalue weighted by atomic mass is 31.2. The summed E-state index contributed by atoms with van der Waals surface area (Å²) in [6.07, 6.45) is -3.02. The Morgan fingerprint density at radius 3 is 2.11 bits per heavy atom. The van der Waals surface area contributed by atoms with Crippen LogP contribution < -0.4 is 5.32 Å². The van der Waals surface area contributed by atoms with Crippen LogP contribution in [0.15, 0.2) is 0 Å². The van der Waals surface area contributed by atoms with Gasteiger partial charge in [-0.2, -0.15) is 14.7 Å².